The number of halogens is 3. The van der Waals surface area contributed by atoms with Crippen molar-refractivity contribution in [2.45, 2.75) is 6.18 Å². The van der Waals surface area contributed by atoms with Crippen molar-refractivity contribution < 1.29 is 33.3 Å². The van der Waals surface area contributed by atoms with Crippen LogP contribution in [-0.2, 0) is 26.3 Å². The average molecular weight is 619 g/mol. The van der Waals surface area contributed by atoms with Crippen LogP contribution in [0.2, 0.25) is 0 Å². The Kier molecular flexibility index (Phi) is 8.10. The number of alkyl halides is 3. The topological polar surface area (TPSA) is 25.8 Å². The number of aromatic nitrogens is 2. The fraction of sp³-hybridized carbons (Fsp3) is 0.0370. The molecule has 2 aromatic heterocycles. The van der Waals surface area contributed by atoms with E-state index in [-0.39, 0.29) is 20.1 Å². The number of nitrogens with zero attached hydrogens (tertiary/aromatic N) is 2. The summed E-state index contributed by atoms with van der Waals surface area (Å²) in [5.41, 5.74) is 2.49. The molecule has 0 aliphatic heterocycles. The monoisotopic (exact) mass is 619 g/mol. The van der Waals surface area contributed by atoms with Crippen molar-refractivity contribution in [1.29, 1.82) is 0 Å². The largest absolute Gasteiger partial charge is 0.381 e. The van der Waals surface area contributed by atoms with Gasteiger partial charge >= 0.3 is 6.18 Å². The Hall–Kier alpha value is -3.34. The summed E-state index contributed by atoms with van der Waals surface area (Å²) in [7, 11) is 0. The second-order valence-electron chi connectivity index (χ2n) is 6.86. The van der Waals surface area contributed by atoms with Crippen LogP contribution in [0.3, 0.4) is 0 Å². The molecule has 0 aliphatic carbocycles. The van der Waals surface area contributed by atoms with Gasteiger partial charge in [-0.3, -0.25) is 0 Å². The van der Waals surface area contributed by atoms with Crippen molar-refractivity contribution in [3.8, 4) is 22.5 Å². The fourth-order valence-electron chi connectivity index (χ4n) is 3.16. The van der Waals surface area contributed by atoms with Crippen molar-refractivity contribution in [2.24, 2.45) is 0 Å². The Labute approximate surface area is 203 Å². The Balaban J connectivity index is 0.000000202. The van der Waals surface area contributed by atoms with Gasteiger partial charge in [0.1, 0.15) is 0 Å². The predicted octanol–water partition coefficient (Wildman–Crippen LogP) is 7.27. The van der Waals surface area contributed by atoms with Gasteiger partial charge in [-0.15, -0.1) is 65.7 Å². The third kappa shape index (κ3) is 6.13. The summed E-state index contributed by atoms with van der Waals surface area (Å²) in [6.45, 7) is 0. The summed E-state index contributed by atoms with van der Waals surface area (Å²) in [5.74, 6) is 0. The van der Waals surface area contributed by atoms with Gasteiger partial charge in [-0.1, -0.05) is 36.4 Å². The summed E-state index contributed by atoms with van der Waals surface area (Å²) in [6.07, 6.45) is -0.916. The van der Waals surface area contributed by atoms with E-state index in [4.69, 9.17) is 0 Å². The zero-order chi connectivity index (χ0) is 22.4. The van der Waals surface area contributed by atoms with Gasteiger partial charge in [-0.25, -0.2) is 0 Å². The average Bonchev–Trinajstić information content (AvgIpc) is 2.85. The van der Waals surface area contributed by atoms with Crippen LogP contribution in [0, 0.1) is 12.1 Å². The van der Waals surface area contributed by atoms with Crippen LogP contribution in [0.1, 0.15) is 5.56 Å². The van der Waals surface area contributed by atoms with Gasteiger partial charge in [0.15, 0.2) is 0 Å². The first-order valence-corrected chi connectivity index (χ1v) is 9.83. The predicted molar refractivity (Wildman–Crippen MR) is 120 cm³/mol. The molecule has 167 valence electrons. The number of rotatable bonds is 2. The first kappa shape index (κ1) is 24.3. The normalized spacial score (nSPS) is 10.6. The Morgan fingerprint density at radius 3 is 2.12 bits per heavy atom. The van der Waals surface area contributed by atoms with Crippen molar-refractivity contribution in [2.75, 3.05) is 0 Å². The van der Waals surface area contributed by atoms with Crippen LogP contribution in [0.15, 0.2) is 103 Å². The maximum Gasteiger partial charge on any atom is 0.381 e. The number of hydrogen-bond acceptors (Lipinski definition) is 2. The molecule has 0 unspecified atom stereocenters. The minimum Gasteiger partial charge on any atom is -0.305 e. The van der Waals surface area contributed by atoms with Gasteiger partial charge in [0.2, 0.25) is 0 Å². The number of fused-ring (bicyclic) bond motifs is 1. The molecule has 2 nitrogen and oxygen atoms in total. The van der Waals surface area contributed by atoms with Gasteiger partial charge in [-0.05, 0) is 39.9 Å². The fourth-order valence-corrected chi connectivity index (χ4v) is 3.16. The molecular formula is C27H17F3IrN2-2. The van der Waals surface area contributed by atoms with Crippen LogP contribution >= 0.6 is 0 Å². The summed E-state index contributed by atoms with van der Waals surface area (Å²) < 4.78 is 37.6. The van der Waals surface area contributed by atoms with Crippen LogP contribution in [0.5, 0.6) is 0 Å². The van der Waals surface area contributed by atoms with Crippen LogP contribution in [-0.4, -0.2) is 9.97 Å². The van der Waals surface area contributed by atoms with Crippen LogP contribution in [0.25, 0.3) is 33.3 Å². The SMILES string of the molecule is FC(F)(F)c1c[c-]c(-c2nccc3ccccc23)cc1.[Ir].[c-]1ccccc1-c1ccccn1. The van der Waals surface area contributed by atoms with Crippen molar-refractivity contribution in [3.63, 3.8) is 0 Å². The summed E-state index contributed by atoms with van der Waals surface area (Å²) in [4.78, 5) is 8.47. The zero-order valence-corrected chi connectivity index (χ0v) is 19.6. The van der Waals surface area contributed by atoms with E-state index in [9.17, 15) is 13.2 Å². The zero-order valence-electron chi connectivity index (χ0n) is 17.2. The molecule has 2 heterocycles. The molecule has 5 aromatic rings. The minimum absolute atomic E-state index is 0. The molecule has 6 heteroatoms. The molecule has 0 bridgehead atoms. The van der Waals surface area contributed by atoms with Crippen LogP contribution in [0.4, 0.5) is 13.2 Å². The van der Waals surface area contributed by atoms with Crippen molar-refractivity contribution >= 4 is 10.8 Å². The Bertz CT molecular complexity index is 1250. The smallest absolute Gasteiger partial charge is 0.305 e. The minimum atomic E-state index is -4.35. The van der Waals surface area contributed by atoms with E-state index in [2.05, 4.69) is 22.1 Å². The standard InChI is InChI=1S/C16H9F3N.C11H8N.Ir/c17-16(18,19)13-7-5-12(6-8-13)15-14-4-2-1-3-11(14)9-10-20-15;1-2-6-10(7-3-1)11-8-4-5-9-12-11;/h1-5,7-10H;1-6,8-9H;/q2*-1;. The Morgan fingerprint density at radius 2 is 1.45 bits per heavy atom. The second-order valence-corrected chi connectivity index (χ2v) is 6.86. The number of pyridine rings is 2. The molecule has 0 N–H and O–H groups in total. The van der Waals surface area contributed by atoms with Crippen LogP contribution < -0.4 is 0 Å². The number of benzene rings is 3. The third-order valence-electron chi connectivity index (χ3n) is 4.72. The summed E-state index contributed by atoms with van der Waals surface area (Å²) >= 11 is 0. The van der Waals surface area contributed by atoms with Crippen molar-refractivity contribution in [1.82, 2.24) is 9.97 Å². The van der Waals surface area contributed by atoms with E-state index in [0.717, 1.165) is 34.2 Å². The molecule has 1 radical (unpaired) electrons. The van der Waals surface area contributed by atoms with E-state index >= 15 is 0 Å². The molecule has 0 atom stereocenters. The van der Waals surface area contributed by atoms with Gasteiger partial charge in [0, 0.05) is 32.5 Å². The van der Waals surface area contributed by atoms with E-state index in [1.54, 1.807) is 12.4 Å². The van der Waals surface area contributed by atoms with E-state index in [1.165, 1.54) is 6.07 Å². The third-order valence-corrected chi connectivity index (χ3v) is 4.72. The quantitative estimate of drug-likeness (QED) is 0.195. The molecule has 3 aromatic carbocycles. The van der Waals surface area contributed by atoms with Gasteiger partial charge in [0.25, 0.3) is 0 Å². The molecule has 0 amide bonds. The van der Waals surface area contributed by atoms with Gasteiger partial charge in [-0.2, -0.15) is 13.2 Å². The second kappa shape index (κ2) is 11.0. The van der Waals surface area contributed by atoms with Gasteiger partial charge < -0.3 is 9.97 Å². The van der Waals surface area contributed by atoms with E-state index < -0.39 is 11.7 Å². The molecule has 5 rings (SSSR count). The Morgan fingerprint density at radius 1 is 0.667 bits per heavy atom. The molecule has 33 heavy (non-hydrogen) atoms. The first-order valence-electron chi connectivity index (χ1n) is 9.83. The molecule has 0 saturated heterocycles. The maximum absolute atomic E-state index is 12.5. The van der Waals surface area contributed by atoms with Gasteiger partial charge in [0.05, 0.1) is 0 Å². The van der Waals surface area contributed by atoms with E-state index in [0.29, 0.717) is 11.3 Å². The number of hydrogen-bond donors (Lipinski definition) is 0. The summed E-state index contributed by atoms with van der Waals surface area (Å²) in [6, 6.07) is 32.4. The first-order chi connectivity index (χ1) is 15.5. The molecule has 0 aliphatic rings. The molecule has 0 saturated carbocycles. The van der Waals surface area contributed by atoms with E-state index in [1.807, 2.05) is 72.8 Å². The molecule has 0 spiro atoms. The molecular weight excluding hydrogens is 602 g/mol. The molecule has 0 fully saturated rings. The van der Waals surface area contributed by atoms with Crippen molar-refractivity contribution in [3.05, 3.63) is 121 Å². The maximum atomic E-state index is 12.5. The summed E-state index contributed by atoms with van der Waals surface area (Å²) in [5, 5.41) is 1.89.